The Bertz CT molecular complexity index is 121. The first kappa shape index (κ1) is 10.4. The third-order valence-electron chi connectivity index (χ3n) is 1.69. The third-order valence-corrected chi connectivity index (χ3v) is 1.69. The molecule has 11 heavy (non-hydrogen) atoms. The van der Waals surface area contributed by atoms with Crippen molar-refractivity contribution in [3.05, 3.63) is 0 Å². The van der Waals surface area contributed by atoms with Gasteiger partial charge in [-0.3, -0.25) is 4.79 Å². The van der Waals surface area contributed by atoms with E-state index < -0.39 is 6.10 Å². The first-order valence-electron chi connectivity index (χ1n) is 3.89. The molecule has 0 amide bonds. The van der Waals surface area contributed by atoms with E-state index in [1.54, 1.807) is 6.92 Å². The number of hydrogen-bond donors (Lipinski definition) is 1. The summed E-state index contributed by atoms with van der Waals surface area (Å²) < 4.78 is 4.53. The van der Waals surface area contributed by atoms with Crippen LogP contribution in [0, 0.1) is 5.92 Å². The summed E-state index contributed by atoms with van der Waals surface area (Å²) in [7, 11) is 1.34. The van der Waals surface area contributed by atoms with Crippen molar-refractivity contribution < 1.29 is 14.6 Å². The quantitative estimate of drug-likeness (QED) is 0.623. The molecule has 0 saturated heterocycles. The molecular weight excluding hydrogens is 144 g/mol. The van der Waals surface area contributed by atoms with Gasteiger partial charge in [0.05, 0.1) is 19.1 Å². The number of hydrogen-bond acceptors (Lipinski definition) is 3. The molecule has 0 fully saturated rings. The molecule has 2 unspecified atom stereocenters. The topological polar surface area (TPSA) is 46.5 Å². The van der Waals surface area contributed by atoms with Gasteiger partial charge in [-0.1, -0.05) is 13.3 Å². The van der Waals surface area contributed by atoms with Crippen LogP contribution in [0.4, 0.5) is 0 Å². The summed E-state index contributed by atoms with van der Waals surface area (Å²) in [6, 6.07) is 0. The van der Waals surface area contributed by atoms with Crippen LogP contribution in [0.2, 0.25) is 0 Å². The molecule has 0 heterocycles. The lowest BCUT2D eigenvalue weighted by Gasteiger charge is -2.15. The Balaban J connectivity index is 3.98. The van der Waals surface area contributed by atoms with Gasteiger partial charge in [0.25, 0.3) is 0 Å². The Hall–Kier alpha value is -0.570. The molecule has 0 rings (SSSR count). The van der Waals surface area contributed by atoms with Crippen LogP contribution in [0.1, 0.15) is 26.7 Å². The van der Waals surface area contributed by atoms with E-state index in [-0.39, 0.29) is 11.9 Å². The highest BCUT2D eigenvalue weighted by molar-refractivity contribution is 5.72. The highest BCUT2D eigenvalue weighted by Gasteiger charge is 2.22. The minimum atomic E-state index is -0.609. The van der Waals surface area contributed by atoms with E-state index in [4.69, 9.17) is 5.11 Å². The number of carbonyl (C=O) groups is 1. The molecule has 0 aromatic carbocycles. The van der Waals surface area contributed by atoms with Crippen LogP contribution in [0.5, 0.6) is 0 Å². The maximum Gasteiger partial charge on any atom is 0.311 e. The van der Waals surface area contributed by atoms with Gasteiger partial charge in [-0.25, -0.2) is 0 Å². The van der Waals surface area contributed by atoms with Gasteiger partial charge >= 0.3 is 5.97 Å². The largest absolute Gasteiger partial charge is 0.469 e. The fourth-order valence-corrected chi connectivity index (χ4v) is 1.02. The third kappa shape index (κ3) is 3.37. The number of aliphatic hydroxyl groups excluding tert-OH is 1. The summed E-state index contributed by atoms with van der Waals surface area (Å²) >= 11 is 0. The molecule has 0 aliphatic heterocycles. The molecule has 1 N–H and O–H groups in total. The average Bonchev–Trinajstić information content (AvgIpc) is 1.98. The highest BCUT2D eigenvalue weighted by Crippen LogP contribution is 2.12. The molecule has 3 nitrogen and oxygen atoms in total. The lowest BCUT2D eigenvalue weighted by molar-refractivity contribution is -0.149. The van der Waals surface area contributed by atoms with Gasteiger partial charge in [-0.05, 0) is 13.3 Å². The Morgan fingerprint density at radius 3 is 2.45 bits per heavy atom. The Labute approximate surface area is 67.4 Å². The fraction of sp³-hybridized carbons (Fsp3) is 0.875. The van der Waals surface area contributed by atoms with Gasteiger partial charge in [-0.15, -0.1) is 0 Å². The zero-order valence-corrected chi connectivity index (χ0v) is 7.33. The van der Waals surface area contributed by atoms with Crippen LogP contribution in [0.15, 0.2) is 0 Å². The average molecular weight is 160 g/mol. The second-order valence-electron chi connectivity index (χ2n) is 2.66. The molecule has 0 aliphatic rings. The van der Waals surface area contributed by atoms with E-state index in [0.717, 1.165) is 6.42 Å². The number of aliphatic hydroxyl groups is 1. The maximum absolute atomic E-state index is 11.0. The standard InChI is InChI=1S/C8H16O3/c1-4-5-7(6(2)9)8(10)11-3/h6-7,9H,4-5H2,1-3H3. The van der Waals surface area contributed by atoms with Crippen molar-refractivity contribution in [2.24, 2.45) is 5.92 Å². The summed E-state index contributed by atoms with van der Waals surface area (Å²) in [5.74, 6) is -0.674. The molecule has 0 aromatic rings. The molecule has 0 bridgehead atoms. The van der Waals surface area contributed by atoms with Crippen molar-refractivity contribution in [2.75, 3.05) is 7.11 Å². The smallest absolute Gasteiger partial charge is 0.311 e. The van der Waals surface area contributed by atoms with Crippen LogP contribution >= 0.6 is 0 Å². The number of ether oxygens (including phenoxy) is 1. The van der Waals surface area contributed by atoms with Gasteiger partial charge < -0.3 is 9.84 Å². The normalized spacial score (nSPS) is 15.6. The van der Waals surface area contributed by atoms with Crippen molar-refractivity contribution in [3.8, 4) is 0 Å². The summed E-state index contributed by atoms with van der Waals surface area (Å²) in [5, 5.41) is 9.14. The number of carbonyl (C=O) groups excluding carboxylic acids is 1. The van der Waals surface area contributed by atoms with E-state index in [1.165, 1.54) is 7.11 Å². The van der Waals surface area contributed by atoms with E-state index in [0.29, 0.717) is 6.42 Å². The number of esters is 1. The predicted molar refractivity (Wildman–Crippen MR) is 42.1 cm³/mol. The Morgan fingerprint density at radius 1 is 1.64 bits per heavy atom. The molecule has 0 saturated carbocycles. The van der Waals surface area contributed by atoms with Crippen LogP contribution in [0.25, 0.3) is 0 Å². The van der Waals surface area contributed by atoms with E-state index in [9.17, 15) is 4.79 Å². The summed E-state index contributed by atoms with van der Waals surface area (Å²) in [6.45, 7) is 3.58. The lowest BCUT2D eigenvalue weighted by Crippen LogP contribution is -2.26. The molecule has 0 spiro atoms. The van der Waals surface area contributed by atoms with Crippen LogP contribution in [-0.2, 0) is 9.53 Å². The Kier molecular flexibility index (Phi) is 4.86. The van der Waals surface area contributed by atoms with Crippen LogP contribution in [0.3, 0.4) is 0 Å². The minimum Gasteiger partial charge on any atom is -0.469 e. The second-order valence-corrected chi connectivity index (χ2v) is 2.66. The van der Waals surface area contributed by atoms with E-state index in [1.807, 2.05) is 6.92 Å². The van der Waals surface area contributed by atoms with Gasteiger partial charge in [0.15, 0.2) is 0 Å². The molecule has 2 atom stereocenters. The van der Waals surface area contributed by atoms with E-state index in [2.05, 4.69) is 4.74 Å². The highest BCUT2D eigenvalue weighted by atomic mass is 16.5. The van der Waals surface area contributed by atoms with Gasteiger partial charge in [-0.2, -0.15) is 0 Å². The van der Waals surface area contributed by atoms with E-state index >= 15 is 0 Å². The zero-order chi connectivity index (χ0) is 8.85. The molecule has 3 heteroatoms. The Morgan fingerprint density at radius 2 is 2.18 bits per heavy atom. The van der Waals surface area contributed by atoms with Crippen molar-refractivity contribution in [2.45, 2.75) is 32.8 Å². The first-order valence-corrected chi connectivity index (χ1v) is 3.89. The number of rotatable bonds is 4. The molecule has 66 valence electrons. The molecule has 0 aliphatic carbocycles. The minimum absolute atomic E-state index is 0.318. The van der Waals surface area contributed by atoms with Gasteiger partial charge in [0.2, 0.25) is 0 Å². The summed E-state index contributed by atoms with van der Waals surface area (Å²) in [6.07, 6.45) is 0.956. The SMILES string of the molecule is CCCC(C(=O)OC)C(C)O. The number of methoxy groups -OCH3 is 1. The molecular formula is C8H16O3. The van der Waals surface area contributed by atoms with Crippen molar-refractivity contribution >= 4 is 5.97 Å². The lowest BCUT2D eigenvalue weighted by atomic mass is 9.99. The van der Waals surface area contributed by atoms with Crippen molar-refractivity contribution in [3.63, 3.8) is 0 Å². The van der Waals surface area contributed by atoms with Gasteiger partial charge in [0.1, 0.15) is 0 Å². The summed E-state index contributed by atoms with van der Waals surface area (Å²) in [4.78, 5) is 11.0. The van der Waals surface area contributed by atoms with Crippen molar-refractivity contribution in [1.82, 2.24) is 0 Å². The predicted octanol–water partition coefficient (Wildman–Crippen LogP) is 0.956. The fourth-order valence-electron chi connectivity index (χ4n) is 1.02. The molecule has 0 aromatic heterocycles. The second kappa shape index (κ2) is 5.13. The monoisotopic (exact) mass is 160 g/mol. The van der Waals surface area contributed by atoms with Crippen molar-refractivity contribution in [1.29, 1.82) is 0 Å². The first-order chi connectivity index (χ1) is 5.13. The van der Waals surface area contributed by atoms with Crippen LogP contribution < -0.4 is 0 Å². The molecule has 0 radical (unpaired) electrons. The van der Waals surface area contributed by atoms with Gasteiger partial charge in [0, 0.05) is 0 Å². The zero-order valence-electron chi connectivity index (χ0n) is 7.33. The maximum atomic E-state index is 11.0. The summed E-state index contributed by atoms with van der Waals surface area (Å²) in [5.41, 5.74) is 0. The van der Waals surface area contributed by atoms with Crippen LogP contribution in [-0.4, -0.2) is 24.3 Å².